The van der Waals surface area contributed by atoms with Crippen LogP contribution in [0, 0.1) is 5.92 Å². The molecule has 5 rings (SSSR count). The fourth-order valence-electron chi connectivity index (χ4n) is 5.29. The quantitative estimate of drug-likeness (QED) is 0.252. The Bertz CT molecular complexity index is 1260. The summed E-state index contributed by atoms with van der Waals surface area (Å²) in [5.41, 5.74) is 5.06. The highest BCUT2D eigenvalue weighted by Crippen LogP contribution is 2.51. The third-order valence-corrected chi connectivity index (χ3v) is 8.12. The fourth-order valence-corrected chi connectivity index (χ4v) is 6.13. The smallest absolute Gasteiger partial charge is 0.208 e. The van der Waals surface area contributed by atoms with Gasteiger partial charge in [0.05, 0.1) is 40.2 Å². The Morgan fingerprint density at radius 3 is 2.53 bits per heavy atom. The molecule has 192 valence electrons. The van der Waals surface area contributed by atoms with Gasteiger partial charge in [0.1, 0.15) is 24.2 Å². The van der Waals surface area contributed by atoms with E-state index >= 15 is 0 Å². The van der Waals surface area contributed by atoms with Crippen LogP contribution >= 0.6 is 11.3 Å². The maximum absolute atomic E-state index is 13.2. The summed E-state index contributed by atoms with van der Waals surface area (Å²) in [6, 6.07) is 0.724. The van der Waals surface area contributed by atoms with E-state index in [1.54, 1.807) is 12.3 Å². The number of carbonyl (C=O) groups excluding carboxylic acids is 3. The van der Waals surface area contributed by atoms with E-state index in [0.717, 1.165) is 11.3 Å². The molecule has 2 heterocycles. The highest BCUT2D eigenvalue weighted by Gasteiger charge is 2.48. The molecule has 1 aliphatic heterocycles. The average molecular weight is 520 g/mol. The maximum Gasteiger partial charge on any atom is 0.208 e. The summed E-state index contributed by atoms with van der Waals surface area (Å²) < 4.78 is 11.6. The van der Waals surface area contributed by atoms with Crippen molar-refractivity contribution < 1.29 is 49.4 Å². The van der Waals surface area contributed by atoms with Gasteiger partial charge in [-0.1, -0.05) is 0 Å². The molecule has 7 atom stereocenters. The van der Waals surface area contributed by atoms with E-state index < -0.39 is 83.7 Å². The summed E-state index contributed by atoms with van der Waals surface area (Å²) in [6.07, 6.45) is -6.17. The zero-order chi connectivity index (χ0) is 26.0. The van der Waals surface area contributed by atoms with E-state index in [4.69, 9.17) is 15.2 Å². The second kappa shape index (κ2) is 8.99. The van der Waals surface area contributed by atoms with E-state index in [0.29, 0.717) is 0 Å². The first-order chi connectivity index (χ1) is 17.1. The first kappa shape index (κ1) is 25.0. The number of hydrogen-bond donors (Lipinski definition) is 6. The van der Waals surface area contributed by atoms with Crippen molar-refractivity contribution in [3.63, 3.8) is 0 Å². The largest absolute Gasteiger partial charge is 0.507 e. The molecule has 0 saturated carbocycles. The molecule has 36 heavy (non-hydrogen) atoms. The summed E-state index contributed by atoms with van der Waals surface area (Å²) in [6.45, 7) is 0.678. The Labute approximate surface area is 208 Å². The third-order valence-electron chi connectivity index (χ3n) is 7.21. The number of aliphatic hydroxyl groups is 3. The van der Waals surface area contributed by atoms with Crippen molar-refractivity contribution in [2.24, 2.45) is 11.7 Å². The molecule has 0 unspecified atom stereocenters. The van der Waals surface area contributed by atoms with Crippen LogP contribution in [0.3, 0.4) is 0 Å². The minimum Gasteiger partial charge on any atom is -0.507 e. The Kier molecular flexibility index (Phi) is 6.24. The lowest BCUT2D eigenvalue weighted by Gasteiger charge is -2.42. The molecular formula is C24H25NO10S. The number of rotatable bonds is 4. The highest BCUT2D eigenvalue weighted by atomic mass is 32.1. The lowest BCUT2D eigenvalue weighted by atomic mass is 9.73. The number of phenols is 2. The summed E-state index contributed by atoms with van der Waals surface area (Å²) >= 11 is 1.02. The van der Waals surface area contributed by atoms with E-state index in [-0.39, 0.29) is 40.0 Å². The Morgan fingerprint density at radius 1 is 1.17 bits per heavy atom. The van der Waals surface area contributed by atoms with E-state index in [9.17, 15) is 39.9 Å². The number of thiophene rings is 1. The Balaban J connectivity index is 1.66. The molecule has 2 aliphatic carbocycles. The fraction of sp³-hybridized carbons (Fsp3) is 0.458. The highest BCUT2D eigenvalue weighted by molar-refractivity contribution is 7.12. The molecule has 1 aromatic heterocycles. The van der Waals surface area contributed by atoms with Crippen LogP contribution in [0.5, 0.6) is 11.5 Å². The van der Waals surface area contributed by atoms with Gasteiger partial charge in [-0.3, -0.25) is 14.4 Å². The number of nitrogens with two attached hydrogens (primary N) is 1. The molecule has 7 N–H and O–H groups in total. The van der Waals surface area contributed by atoms with Gasteiger partial charge >= 0.3 is 0 Å². The SMILES string of the molecule is C[C@@H]1O[C@@H](O[C@@H]2c3c(O)c4c(c(O)c3C[C@@H](C(=O)CO)[C@H]2O)C(=O)c2ccsc2C4=O)C[C@H](N)[C@@H]1O. The van der Waals surface area contributed by atoms with E-state index in [2.05, 4.69) is 0 Å². The molecular weight excluding hydrogens is 494 g/mol. The number of ketones is 3. The van der Waals surface area contributed by atoms with Crippen molar-refractivity contribution in [3.8, 4) is 11.5 Å². The summed E-state index contributed by atoms with van der Waals surface area (Å²) in [5, 5.41) is 54.7. The molecule has 1 aromatic carbocycles. The molecule has 1 fully saturated rings. The van der Waals surface area contributed by atoms with E-state index in [1.807, 2.05) is 0 Å². The predicted molar refractivity (Wildman–Crippen MR) is 123 cm³/mol. The molecule has 3 aliphatic rings. The topological polar surface area (TPSA) is 197 Å². The third kappa shape index (κ3) is 3.60. The van der Waals surface area contributed by atoms with Gasteiger partial charge in [0.15, 0.2) is 17.9 Å². The molecule has 12 heteroatoms. The maximum atomic E-state index is 13.2. The first-order valence-corrected chi connectivity index (χ1v) is 12.3. The van der Waals surface area contributed by atoms with Crippen molar-refractivity contribution in [2.75, 3.05) is 6.61 Å². The van der Waals surface area contributed by atoms with Crippen LogP contribution in [0.1, 0.15) is 61.7 Å². The lowest BCUT2D eigenvalue weighted by molar-refractivity contribution is -0.256. The number of ether oxygens (including phenoxy) is 2. The van der Waals surface area contributed by atoms with Gasteiger partial charge in [-0.25, -0.2) is 0 Å². The lowest BCUT2D eigenvalue weighted by Crippen LogP contribution is -2.53. The summed E-state index contributed by atoms with van der Waals surface area (Å²) in [5.74, 6) is -4.57. The monoisotopic (exact) mass is 519 g/mol. The number of carbonyl (C=O) groups is 3. The van der Waals surface area contributed by atoms with E-state index in [1.165, 1.54) is 6.07 Å². The molecule has 11 nitrogen and oxygen atoms in total. The van der Waals surface area contributed by atoms with Gasteiger partial charge in [0.2, 0.25) is 5.78 Å². The Hall–Kier alpha value is -2.71. The molecule has 2 aromatic rings. The molecule has 1 saturated heterocycles. The molecule has 0 spiro atoms. The number of fused-ring (bicyclic) bond motifs is 3. The van der Waals surface area contributed by atoms with Crippen LogP contribution in [0.15, 0.2) is 11.4 Å². The van der Waals surface area contributed by atoms with Crippen molar-refractivity contribution in [1.82, 2.24) is 0 Å². The zero-order valence-electron chi connectivity index (χ0n) is 19.1. The minimum atomic E-state index is -1.60. The predicted octanol–water partition coefficient (Wildman–Crippen LogP) is -0.0899. The number of phenolic OH excluding ortho intramolecular Hbond substituents is 2. The van der Waals surface area contributed by atoms with Crippen LogP contribution < -0.4 is 5.73 Å². The Morgan fingerprint density at radius 2 is 1.86 bits per heavy atom. The van der Waals surface area contributed by atoms with Crippen LogP contribution in [0.2, 0.25) is 0 Å². The molecule has 0 radical (unpaired) electrons. The normalized spacial score (nSPS) is 31.5. The van der Waals surface area contributed by atoms with Gasteiger partial charge < -0.3 is 40.7 Å². The van der Waals surface area contributed by atoms with Crippen molar-refractivity contribution in [1.29, 1.82) is 0 Å². The van der Waals surface area contributed by atoms with Crippen LogP contribution in [0.4, 0.5) is 0 Å². The average Bonchev–Trinajstić information content (AvgIpc) is 3.34. The number of Topliss-reactive ketones (excluding diaryl/α,β-unsaturated/α-hetero) is 1. The summed E-state index contributed by atoms with van der Waals surface area (Å²) in [4.78, 5) is 39.0. The first-order valence-electron chi connectivity index (χ1n) is 11.4. The van der Waals surface area contributed by atoms with Gasteiger partial charge in [-0.2, -0.15) is 0 Å². The van der Waals surface area contributed by atoms with Gasteiger partial charge in [0, 0.05) is 29.2 Å². The number of hydrogen-bond acceptors (Lipinski definition) is 12. The molecule has 0 amide bonds. The van der Waals surface area contributed by atoms with Crippen molar-refractivity contribution in [2.45, 2.75) is 56.5 Å². The standard InChI is InChI=1S/C24H25NO10S/c1-7-17(28)11(25)5-13(34-7)35-23-14-10(4-9(20(23)31)12(27)6-26)19(30)15-16(21(14)32)22(33)24-8(18(15)29)2-3-36-24/h2-3,7,9,11,13,17,20,23,26,28,30-32H,4-6,25H2,1H3/t7-,9-,11-,13-,17+,20+,23+/m0/s1. The number of aromatic hydroxyl groups is 2. The van der Waals surface area contributed by atoms with Crippen LogP contribution in [-0.2, 0) is 20.7 Å². The van der Waals surface area contributed by atoms with Gasteiger partial charge in [0.25, 0.3) is 0 Å². The number of benzene rings is 1. The second-order valence-electron chi connectivity index (χ2n) is 9.30. The molecule has 0 bridgehead atoms. The van der Waals surface area contributed by atoms with Crippen LogP contribution in [0.25, 0.3) is 0 Å². The minimum absolute atomic E-state index is 0.0102. The van der Waals surface area contributed by atoms with Gasteiger partial charge in [-0.15, -0.1) is 11.3 Å². The number of aliphatic hydroxyl groups excluding tert-OH is 3. The van der Waals surface area contributed by atoms with Gasteiger partial charge in [-0.05, 0) is 24.8 Å². The van der Waals surface area contributed by atoms with Crippen molar-refractivity contribution in [3.05, 3.63) is 44.1 Å². The summed E-state index contributed by atoms with van der Waals surface area (Å²) in [7, 11) is 0. The zero-order valence-corrected chi connectivity index (χ0v) is 19.9. The van der Waals surface area contributed by atoms with Crippen LogP contribution in [-0.4, -0.2) is 80.1 Å². The van der Waals surface area contributed by atoms with Crippen molar-refractivity contribution >= 4 is 28.7 Å². The second-order valence-corrected chi connectivity index (χ2v) is 10.2.